The summed E-state index contributed by atoms with van der Waals surface area (Å²) >= 11 is 1.60. The lowest BCUT2D eigenvalue weighted by Crippen LogP contribution is -2.48. The van der Waals surface area contributed by atoms with Crippen LogP contribution in [0.15, 0.2) is 17.5 Å². The van der Waals surface area contributed by atoms with Gasteiger partial charge in [0.25, 0.3) is 0 Å². The van der Waals surface area contributed by atoms with E-state index in [1.54, 1.807) is 16.2 Å². The highest BCUT2D eigenvalue weighted by Gasteiger charge is 2.36. The van der Waals surface area contributed by atoms with Gasteiger partial charge in [0.15, 0.2) is 0 Å². The van der Waals surface area contributed by atoms with Crippen LogP contribution >= 0.6 is 11.3 Å². The van der Waals surface area contributed by atoms with Crippen LogP contribution in [0, 0.1) is 5.92 Å². The van der Waals surface area contributed by atoms with Crippen molar-refractivity contribution in [3.8, 4) is 0 Å². The molecule has 7 heteroatoms. The predicted molar refractivity (Wildman–Crippen MR) is 101 cm³/mol. The van der Waals surface area contributed by atoms with E-state index in [2.05, 4.69) is 5.32 Å². The van der Waals surface area contributed by atoms with Crippen LogP contribution in [0.5, 0.6) is 0 Å². The Kier molecular flexibility index (Phi) is 5.96. The van der Waals surface area contributed by atoms with Crippen molar-refractivity contribution in [1.29, 1.82) is 0 Å². The molecule has 0 saturated carbocycles. The second kappa shape index (κ2) is 8.20. The number of rotatable bonds is 5. The first-order valence-corrected chi connectivity index (χ1v) is 10.2. The summed E-state index contributed by atoms with van der Waals surface area (Å²) in [6.45, 7) is 5.82. The van der Waals surface area contributed by atoms with Crippen LogP contribution in [-0.4, -0.2) is 59.2 Å². The number of likely N-dealkylation sites (tertiary alicyclic amines) is 2. The molecular formula is C19H27N3O3S. The quantitative estimate of drug-likeness (QED) is 0.848. The fraction of sp³-hybridized carbons (Fsp3) is 0.632. The van der Waals surface area contributed by atoms with Crippen LogP contribution in [0.3, 0.4) is 0 Å². The smallest absolute Gasteiger partial charge is 0.227 e. The Bertz CT molecular complexity index is 651. The summed E-state index contributed by atoms with van der Waals surface area (Å²) in [5.74, 6) is -0.0476. The Morgan fingerprint density at radius 1 is 1.31 bits per heavy atom. The molecule has 3 heterocycles. The standard InChI is InChI=1S/C19H27N3O3S/c1-13(2)22-12-14(10-18(22)24)19(25)20-15-5-7-21(8-6-15)17(23)11-16-4-3-9-26-16/h3-4,9,13-15H,5-8,10-12H2,1-2H3,(H,20,25). The fourth-order valence-corrected chi connectivity index (χ4v) is 4.37. The average molecular weight is 378 g/mol. The van der Waals surface area contributed by atoms with E-state index in [9.17, 15) is 14.4 Å². The zero-order chi connectivity index (χ0) is 18.7. The summed E-state index contributed by atoms with van der Waals surface area (Å²) in [7, 11) is 0. The SMILES string of the molecule is CC(C)N1CC(C(=O)NC2CCN(C(=O)Cc3cccs3)CC2)CC1=O. The number of amides is 3. The topological polar surface area (TPSA) is 69.7 Å². The minimum Gasteiger partial charge on any atom is -0.353 e. The molecule has 0 aliphatic carbocycles. The van der Waals surface area contributed by atoms with Crippen LogP contribution in [0.2, 0.25) is 0 Å². The fourth-order valence-electron chi connectivity index (χ4n) is 3.67. The number of carbonyl (C=O) groups excluding carboxylic acids is 3. The maximum Gasteiger partial charge on any atom is 0.227 e. The summed E-state index contributed by atoms with van der Waals surface area (Å²) in [5, 5.41) is 5.08. The normalized spacial score (nSPS) is 21.5. The molecule has 0 radical (unpaired) electrons. The van der Waals surface area contributed by atoms with Gasteiger partial charge in [0.1, 0.15) is 0 Å². The van der Waals surface area contributed by atoms with Gasteiger partial charge in [-0.1, -0.05) is 6.07 Å². The molecule has 0 aromatic carbocycles. The second-order valence-electron chi connectivity index (χ2n) is 7.46. The summed E-state index contributed by atoms with van der Waals surface area (Å²) in [6, 6.07) is 4.18. The first-order valence-electron chi connectivity index (χ1n) is 9.34. The summed E-state index contributed by atoms with van der Waals surface area (Å²) < 4.78 is 0. The Morgan fingerprint density at radius 2 is 2.04 bits per heavy atom. The molecular weight excluding hydrogens is 350 g/mol. The highest BCUT2D eigenvalue weighted by molar-refractivity contribution is 7.10. The minimum absolute atomic E-state index is 0.0233. The van der Waals surface area contributed by atoms with Gasteiger partial charge in [-0.25, -0.2) is 0 Å². The molecule has 2 aliphatic heterocycles. The Morgan fingerprint density at radius 3 is 2.62 bits per heavy atom. The molecule has 1 aromatic rings. The van der Waals surface area contributed by atoms with Crippen LogP contribution < -0.4 is 5.32 Å². The Labute approximate surface area is 158 Å². The number of piperidine rings is 1. The maximum absolute atomic E-state index is 12.5. The Balaban J connectivity index is 1.43. The van der Waals surface area contributed by atoms with Crippen LogP contribution in [0.1, 0.15) is 38.0 Å². The molecule has 2 saturated heterocycles. The van der Waals surface area contributed by atoms with Crippen molar-refractivity contribution in [3.63, 3.8) is 0 Å². The van der Waals surface area contributed by atoms with Gasteiger partial charge in [-0.2, -0.15) is 0 Å². The van der Waals surface area contributed by atoms with Gasteiger partial charge in [0.2, 0.25) is 17.7 Å². The van der Waals surface area contributed by atoms with Crippen LogP contribution in [-0.2, 0) is 20.8 Å². The number of carbonyl (C=O) groups is 3. The molecule has 1 aromatic heterocycles. The lowest BCUT2D eigenvalue weighted by Gasteiger charge is -2.33. The lowest BCUT2D eigenvalue weighted by molar-refractivity contribution is -0.132. The molecule has 0 spiro atoms. The number of nitrogens with zero attached hydrogens (tertiary/aromatic N) is 2. The molecule has 2 fully saturated rings. The molecule has 0 bridgehead atoms. The van der Waals surface area contributed by atoms with Crippen LogP contribution in [0.25, 0.3) is 0 Å². The highest BCUT2D eigenvalue weighted by atomic mass is 32.1. The summed E-state index contributed by atoms with van der Waals surface area (Å²) in [4.78, 5) is 41.6. The highest BCUT2D eigenvalue weighted by Crippen LogP contribution is 2.21. The average Bonchev–Trinajstić information content (AvgIpc) is 3.25. The van der Waals surface area contributed by atoms with Crippen molar-refractivity contribution in [1.82, 2.24) is 15.1 Å². The van der Waals surface area contributed by atoms with Crippen molar-refractivity contribution in [2.75, 3.05) is 19.6 Å². The van der Waals surface area contributed by atoms with E-state index in [0.717, 1.165) is 17.7 Å². The van der Waals surface area contributed by atoms with Gasteiger partial charge in [-0.15, -0.1) is 11.3 Å². The van der Waals surface area contributed by atoms with E-state index in [4.69, 9.17) is 0 Å². The summed E-state index contributed by atoms with van der Waals surface area (Å²) in [5.41, 5.74) is 0. The van der Waals surface area contributed by atoms with Crippen molar-refractivity contribution in [3.05, 3.63) is 22.4 Å². The van der Waals surface area contributed by atoms with Crippen molar-refractivity contribution < 1.29 is 14.4 Å². The molecule has 2 aliphatic rings. The molecule has 1 unspecified atom stereocenters. The largest absolute Gasteiger partial charge is 0.353 e. The van der Waals surface area contributed by atoms with Crippen molar-refractivity contribution in [2.24, 2.45) is 5.92 Å². The van der Waals surface area contributed by atoms with Gasteiger partial charge >= 0.3 is 0 Å². The molecule has 1 atom stereocenters. The van der Waals surface area contributed by atoms with Gasteiger partial charge in [0, 0.05) is 43.0 Å². The molecule has 6 nitrogen and oxygen atoms in total. The molecule has 3 amide bonds. The van der Waals surface area contributed by atoms with E-state index in [1.165, 1.54) is 0 Å². The number of thiophene rings is 1. The van der Waals surface area contributed by atoms with E-state index >= 15 is 0 Å². The zero-order valence-corrected chi connectivity index (χ0v) is 16.3. The minimum atomic E-state index is -0.247. The first kappa shape index (κ1) is 18.9. The Hall–Kier alpha value is -1.89. The van der Waals surface area contributed by atoms with E-state index in [1.807, 2.05) is 36.3 Å². The van der Waals surface area contributed by atoms with Gasteiger partial charge in [0.05, 0.1) is 12.3 Å². The lowest BCUT2D eigenvalue weighted by atomic mass is 10.0. The van der Waals surface area contributed by atoms with Crippen LogP contribution in [0.4, 0.5) is 0 Å². The van der Waals surface area contributed by atoms with Gasteiger partial charge in [-0.3, -0.25) is 14.4 Å². The van der Waals surface area contributed by atoms with E-state index in [0.29, 0.717) is 32.5 Å². The predicted octanol–water partition coefficient (Wildman–Crippen LogP) is 1.65. The first-order chi connectivity index (χ1) is 12.4. The molecule has 1 N–H and O–H groups in total. The molecule has 142 valence electrons. The molecule has 3 rings (SSSR count). The van der Waals surface area contributed by atoms with Crippen molar-refractivity contribution >= 4 is 29.1 Å². The third kappa shape index (κ3) is 4.44. The van der Waals surface area contributed by atoms with E-state index in [-0.39, 0.29) is 35.7 Å². The van der Waals surface area contributed by atoms with Crippen molar-refractivity contribution in [2.45, 2.75) is 51.6 Å². The third-order valence-corrected chi connectivity index (χ3v) is 6.13. The number of hydrogen-bond donors (Lipinski definition) is 1. The second-order valence-corrected chi connectivity index (χ2v) is 8.49. The summed E-state index contributed by atoms with van der Waals surface area (Å²) in [6.07, 6.45) is 2.32. The van der Waals surface area contributed by atoms with E-state index < -0.39 is 0 Å². The third-order valence-electron chi connectivity index (χ3n) is 5.25. The van der Waals surface area contributed by atoms with Gasteiger partial charge in [-0.05, 0) is 38.1 Å². The zero-order valence-electron chi connectivity index (χ0n) is 15.4. The van der Waals surface area contributed by atoms with Gasteiger partial charge < -0.3 is 15.1 Å². The molecule has 26 heavy (non-hydrogen) atoms. The maximum atomic E-state index is 12.5. The monoisotopic (exact) mass is 377 g/mol. The number of hydrogen-bond acceptors (Lipinski definition) is 4. The number of nitrogens with one attached hydrogen (secondary N) is 1.